The molecule has 0 radical (unpaired) electrons. The van der Waals surface area contributed by atoms with E-state index in [4.69, 9.17) is 4.42 Å². The molecule has 1 N–H and O–H groups in total. The second kappa shape index (κ2) is 5.42. The van der Waals surface area contributed by atoms with E-state index >= 15 is 0 Å². The van der Waals surface area contributed by atoms with Crippen LogP contribution in [0.25, 0.3) is 11.0 Å². The number of benzene rings is 1. The molecule has 0 saturated heterocycles. The highest BCUT2D eigenvalue weighted by molar-refractivity contribution is 7.00. The van der Waals surface area contributed by atoms with Crippen LogP contribution in [0.15, 0.2) is 41.0 Å². The molecule has 0 unspecified atom stereocenters. The SMILES string of the molecule is C[C@@H](Cc1ccco1)NC(=O)c1ccc2nsnc2c1. The van der Waals surface area contributed by atoms with Crippen LogP contribution in [0.3, 0.4) is 0 Å². The second-order valence-corrected chi connectivity index (χ2v) is 5.15. The molecule has 5 nitrogen and oxygen atoms in total. The highest BCUT2D eigenvalue weighted by atomic mass is 32.1. The first-order valence-electron chi connectivity index (χ1n) is 6.28. The van der Waals surface area contributed by atoms with Gasteiger partial charge in [0.2, 0.25) is 0 Å². The van der Waals surface area contributed by atoms with Crippen LogP contribution < -0.4 is 5.32 Å². The molecule has 0 fully saturated rings. The number of hydrogen-bond donors (Lipinski definition) is 1. The van der Waals surface area contributed by atoms with Crippen LogP contribution in [0.5, 0.6) is 0 Å². The first-order valence-corrected chi connectivity index (χ1v) is 7.01. The molecule has 0 bridgehead atoms. The maximum atomic E-state index is 12.2. The molecule has 2 heterocycles. The topological polar surface area (TPSA) is 68.0 Å². The number of carbonyl (C=O) groups excluding carboxylic acids is 1. The average molecular weight is 287 g/mol. The Kier molecular flexibility index (Phi) is 3.47. The number of amides is 1. The largest absolute Gasteiger partial charge is 0.469 e. The van der Waals surface area contributed by atoms with E-state index in [1.54, 1.807) is 18.4 Å². The number of furan rings is 1. The maximum absolute atomic E-state index is 12.2. The maximum Gasteiger partial charge on any atom is 0.251 e. The predicted octanol–water partition coefficient (Wildman–Crippen LogP) is 2.65. The molecule has 3 aromatic rings. The zero-order valence-corrected chi connectivity index (χ0v) is 11.7. The summed E-state index contributed by atoms with van der Waals surface area (Å²) in [5.41, 5.74) is 2.16. The van der Waals surface area contributed by atoms with Crippen molar-refractivity contribution in [1.82, 2.24) is 14.1 Å². The van der Waals surface area contributed by atoms with Crippen molar-refractivity contribution in [1.29, 1.82) is 0 Å². The third-order valence-corrected chi connectivity index (χ3v) is 3.54. The zero-order chi connectivity index (χ0) is 13.9. The number of hydrogen-bond acceptors (Lipinski definition) is 5. The van der Waals surface area contributed by atoms with Gasteiger partial charge in [-0.05, 0) is 37.3 Å². The van der Waals surface area contributed by atoms with E-state index in [0.717, 1.165) is 28.5 Å². The molecule has 1 aromatic carbocycles. The van der Waals surface area contributed by atoms with Crippen molar-refractivity contribution in [2.75, 3.05) is 0 Å². The summed E-state index contributed by atoms with van der Waals surface area (Å²) in [6.45, 7) is 1.95. The number of aromatic nitrogens is 2. The number of rotatable bonds is 4. The van der Waals surface area contributed by atoms with Gasteiger partial charge in [0, 0.05) is 18.0 Å². The highest BCUT2D eigenvalue weighted by Crippen LogP contribution is 2.14. The zero-order valence-electron chi connectivity index (χ0n) is 10.9. The van der Waals surface area contributed by atoms with E-state index in [0.29, 0.717) is 12.0 Å². The van der Waals surface area contributed by atoms with Crippen molar-refractivity contribution in [3.8, 4) is 0 Å². The minimum atomic E-state index is -0.112. The Morgan fingerprint density at radius 3 is 3.00 bits per heavy atom. The van der Waals surface area contributed by atoms with Crippen molar-refractivity contribution in [2.45, 2.75) is 19.4 Å². The molecule has 102 valence electrons. The molecule has 6 heteroatoms. The lowest BCUT2D eigenvalue weighted by Gasteiger charge is -2.12. The van der Waals surface area contributed by atoms with Crippen LogP contribution in [0.1, 0.15) is 23.0 Å². The summed E-state index contributed by atoms with van der Waals surface area (Å²) >= 11 is 1.15. The van der Waals surface area contributed by atoms with E-state index in [-0.39, 0.29) is 11.9 Å². The van der Waals surface area contributed by atoms with Gasteiger partial charge in [-0.25, -0.2) is 0 Å². The van der Waals surface area contributed by atoms with E-state index in [1.165, 1.54) is 0 Å². The third kappa shape index (κ3) is 2.70. The number of nitrogens with zero attached hydrogens (tertiary/aromatic N) is 2. The summed E-state index contributed by atoms with van der Waals surface area (Å²) in [4.78, 5) is 12.2. The molecule has 3 rings (SSSR count). The van der Waals surface area contributed by atoms with Crippen LogP contribution in [0.4, 0.5) is 0 Å². The summed E-state index contributed by atoms with van der Waals surface area (Å²) in [5.74, 6) is 0.746. The molecule has 0 spiro atoms. The van der Waals surface area contributed by atoms with E-state index in [2.05, 4.69) is 14.1 Å². The molecule has 0 aliphatic heterocycles. The fourth-order valence-electron chi connectivity index (χ4n) is 2.01. The number of fused-ring (bicyclic) bond motifs is 1. The van der Waals surface area contributed by atoms with E-state index in [9.17, 15) is 4.79 Å². The minimum Gasteiger partial charge on any atom is -0.469 e. The van der Waals surface area contributed by atoms with Crippen molar-refractivity contribution in [2.24, 2.45) is 0 Å². The van der Waals surface area contributed by atoms with Crippen LogP contribution in [-0.4, -0.2) is 20.7 Å². The molecule has 0 aliphatic rings. The van der Waals surface area contributed by atoms with Crippen molar-refractivity contribution >= 4 is 28.7 Å². The Bertz CT molecular complexity index is 721. The van der Waals surface area contributed by atoms with Crippen LogP contribution >= 0.6 is 11.7 Å². The first-order chi connectivity index (χ1) is 9.72. The minimum absolute atomic E-state index is 0.00194. The van der Waals surface area contributed by atoms with E-state index < -0.39 is 0 Å². The Hall–Kier alpha value is -2.21. The third-order valence-electron chi connectivity index (χ3n) is 2.98. The fraction of sp³-hybridized carbons (Fsp3) is 0.214. The van der Waals surface area contributed by atoms with Gasteiger partial charge in [0.15, 0.2) is 0 Å². The quantitative estimate of drug-likeness (QED) is 0.801. The van der Waals surface area contributed by atoms with Crippen LogP contribution in [0.2, 0.25) is 0 Å². The van der Waals surface area contributed by atoms with Gasteiger partial charge in [-0.3, -0.25) is 4.79 Å². The molecular formula is C14H13N3O2S. The van der Waals surface area contributed by atoms with Gasteiger partial charge in [0.05, 0.1) is 18.0 Å². The van der Waals surface area contributed by atoms with Crippen LogP contribution in [0, 0.1) is 0 Å². The standard InChI is InChI=1S/C14H13N3O2S/c1-9(7-11-3-2-6-19-11)15-14(18)10-4-5-12-13(8-10)17-20-16-12/h2-6,8-9H,7H2,1H3,(H,15,18)/t9-/m0/s1. The summed E-state index contributed by atoms with van der Waals surface area (Å²) in [7, 11) is 0. The van der Waals surface area contributed by atoms with Gasteiger partial charge in [-0.15, -0.1) is 0 Å². The van der Waals surface area contributed by atoms with Gasteiger partial charge in [-0.2, -0.15) is 8.75 Å². The Labute approximate surface area is 119 Å². The predicted molar refractivity (Wildman–Crippen MR) is 76.8 cm³/mol. The number of nitrogens with one attached hydrogen (secondary N) is 1. The Balaban J connectivity index is 1.68. The monoisotopic (exact) mass is 287 g/mol. The summed E-state index contributed by atoms with van der Waals surface area (Å²) < 4.78 is 13.5. The van der Waals surface area contributed by atoms with Gasteiger partial charge >= 0.3 is 0 Å². The summed E-state index contributed by atoms with van der Waals surface area (Å²) in [5, 5.41) is 2.95. The summed E-state index contributed by atoms with van der Waals surface area (Å²) in [6.07, 6.45) is 2.30. The molecule has 2 aromatic heterocycles. The lowest BCUT2D eigenvalue weighted by Crippen LogP contribution is -2.33. The molecule has 1 amide bonds. The second-order valence-electron chi connectivity index (χ2n) is 4.63. The Morgan fingerprint density at radius 1 is 1.35 bits per heavy atom. The normalized spacial score (nSPS) is 12.4. The molecule has 20 heavy (non-hydrogen) atoms. The molecule has 0 aliphatic carbocycles. The van der Waals surface area contributed by atoms with Crippen LogP contribution in [-0.2, 0) is 6.42 Å². The highest BCUT2D eigenvalue weighted by Gasteiger charge is 2.12. The lowest BCUT2D eigenvalue weighted by atomic mass is 10.1. The lowest BCUT2D eigenvalue weighted by molar-refractivity contribution is 0.0939. The average Bonchev–Trinajstić information content (AvgIpc) is 3.07. The van der Waals surface area contributed by atoms with E-state index in [1.807, 2.05) is 25.1 Å². The smallest absolute Gasteiger partial charge is 0.251 e. The van der Waals surface area contributed by atoms with Crippen molar-refractivity contribution < 1.29 is 9.21 Å². The molecule has 0 saturated carbocycles. The summed E-state index contributed by atoms with van der Waals surface area (Å²) in [6, 6.07) is 9.07. The Morgan fingerprint density at radius 2 is 2.20 bits per heavy atom. The molecular weight excluding hydrogens is 274 g/mol. The van der Waals surface area contributed by atoms with Crippen molar-refractivity contribution in [3.63, 3.8) is 0 Å². The number of carbonyl (C=O) groups is 1. The molecule has 1 atom stereocenters. The van der Waals surface area contributed by atoms with Gasteiger partial charge in [-0.1, -0.05) is 0 Å². The first kappa shape index (κ1) is 12.8. The van der Waals surface area contributed by atoms with Gasteiger partial charge in [0.1, 0.15) is 16.8 Å². The van der Waals surface area contributed by atoms with Gasteiger partial charge in [0.25, 0.3) is 5.91 Å². The van der Waals surface area contributed by atoms with Crippen molar-refractivity contribution in [3.05, 3.63) is 47.9 Å². The fourth-order valence-corrected chi connectivity index (χ4v) is 2.53. The van der Waals surface area contributed by atoms with Gasteiger partial charge < -0.3 is 9.73 Å².